The van der Waals surface area contributed by atoms with Crippen LogP contribution >= 0.6 is 0 Å². The lowest BCUT2D eigenvalue weighted by molar-refractivity contribution is -0.116. The number of hydrogen-bond acceptors (Lipinski definition) is 4. The summed E-state index contributed by atoms with van der Waals surface area (Å²) in [5.41, 5.74) is 3.56. The molecule has 1 heterocycles. The van der Waals surface area contributed by atoms with E-state index in [9.17, 15) is 9.59 Å². The van der Waals surface area contributed by atoms with Crippen LogP contribution < -0.4 is 15.4 Å². The summed E-state index contributed by atoms with van der Waals surface area (Å²) >= 11 is 0. The number of amides is 1. The minimum Gasteiger partial charge on any atom is -0.496 e. The third kappa shape index (κ3) is 3.43. The lowest BCUT2D eigenvalue weighted by Crippen LogP contribution is -2.35. The van der Waals surface area contributed by atoms with Gasteiger partial charge in [-0.15, -0.1) is 0 Å². The molecule has 1 aliphatic heterocycles. The molecule has 5 heteroatoms. The number of carbonyl (C=O) groups excluding carboxylic acids is 2. The molecule has 2 N–H and O–H groups in total. The second-order valence-corrected chi connectivity index (χ2v) is 7.20. The van der Waals surface area contributed by atoms with Crippen molar-refractivity contribution >= 4 is 17.4 Å². The van der Waals surface area contributed by atoms with Gasteiger partial charge in [0.25, 0.3) is 0 Å². The van der Waals surface area contributed by atoms with E-state index in [0.717, 1.165) is 61.2 Å². The predicted octanol–water partition coefficient (Wildman–Crippen LogP) is 3.28. The Hall–Kier alpha value is -1.88. The van der Waals surface area contributed by atoms with E-state index in [1.165, 1.54) is 0 Å². The van der Waals surface area contributed by atoms with Crippen molar-refractivity contribution in [2.45, 2.75) is 51.9 Å². The van der Waals surface area contributed by atoms with Crippen LogP contribution in [0.5, 0.6) is 5.75 Å². The van der Waals surface area contributed by atoms with E-state index in [1.54, 1.807) is 7.11 Å². The normalized spacial score (nSPS) is 22.2. The molecule has 1 aromatic rings. The third-order valence-electron chi connectivity index (χ3n) is 5.37. The van der Waals surface area contributed by atoms with E-state index < -0.39 is 0 Å². The van der Waals surface area contributed by atoms with Crippen molar-refractivity contribution in [2.24, 2.45) is 5.92 Å². The molecule has 0 radical (unpaired) electrons. The van der Waals surface area contributed by atoms with E-state index in [2.05, 4.69) is 17.6 Å². The van der Waals surface area contributed by atoms with Gasteiger partial charge in [0.2, 0.25) is 5.91 Å². The Morgan fingerprint density at radius 2 is 2.16 bits per heavy atom. The van der Waals surface area contributed by atoms with Crippen molar-refractivity contribution in [3.05, 3.63) is 22.8 Å². The number of nitrogens with one attached hydrogen (secondary N) is 2. The summed E-state index contributed by atoms with van der Waals surface area (Å²) in [5.74, 6) is 0.977. The topological polar surface area (TPSA) is 67.4 Å². The smallest absolute Gasteiger partial charge is 0.224 e. The minimum absolute atomic E-state index is 0.00282. The SMILES string of the molecule is CCCCNCC1CCc2c(OC)cc3c(c2C1=O)C(C)CC(=O)N3. The number of unbranched alkanes of at least 4 members (excludes halogenated alkanes) is 1. The summed E-state index contributed by atoms with van der Waals surface area (Å²) in [6, 6.07) is 1.88. The summed E-state index contributed by atoms with van der Waals surface area (Å²) in [6.07, 6.45) is 4.40. The number of benzene rings is 1. The Balaban J connectivity index is 1.95. The highest BCUT2D eigenvalue weighted by Gasteiger charge is 2.36. The van der Waals surface area contributed by atoms with Gasteiger partial charge in [-0.1, -0.05) is 20.3 Å². The van der Waals surface area contributed by atoms with E-state index in [1.807, 2.05) is 13.0 Å². The van der Waals surface area contributed by atoms with Crippen LogP contribution in [0.3, 0.4) is 0 Å². The molecule has 136 valence electrons. The highest BCUT2D eigenvalue weighted by molar-refractivity contribution is 6.06. The second kappa shape index (κ2) is 7.56. The standard InChI is InChI=1S/C20H28N2O3/c1-4-5-8-21-11-13-6-7-14-16(25-3)10-15-18(19(14)20(13)24)12(2)9-17(23)22-15/h10,12-13,21H,4-9,11H2,1-3H3,(H,22,23). The molecule has 1 aliphatic carbocycles. The first-order valence-electron chi connectivity index (χ1n) is 9.35. The number of hydrogen-bond donors (Lipinski definition) is 2. The molecule has 0 saturated heterocycles. The summed E-state index contributed by atoms with van der Waals surface area (Å²) < 4.78 is 5.53. The fourth-order valence-corrected chi connectivity index (χ4v) is 4.05. The van der Waals surface area contributed by atoms with Gasteiger partial charge in [-0.25, -0.2) is 0 Å². The Bertz CT molecular complexity index is 684. The molecule has 0 spiro atoms. The van der Waals surface area contributed by atoms with E-state index in [-0.39, 0.29) is 23.5 Å². The molecule has 0 aromatic heterocycles. The Morgan fingerprint density at radius 3 is 2.88 bits per heavy atom. The van der Waals surface area contributed by atoms with Crippen molar-refractivity contribution < 1.29 is 14.3 Å². The van der Waals surface area contributed by atoms with Crippen LogP contribution in [0.15, 0.2) is 6.07 Å². The first kappa shape index (κ1) is 17.9. The number of ketones is 1. The Labute approximate surface area is 149 Å². The van der Waals surface area contributed by atoms with Crippen molar-refractivity contribution in [3.8, 4) is 5.75 Å². The molecular formula is C20H28N2O3. The minimum atomic E-state index is 0.00282. The number of anilines is 1. The first-order valence-corrected chi connectivity index (χ1v) is 9.35. The zero-order valence-electron chi connectivity index (χ0n) is 15.4. The average molecular weight is 344 g/mol. The number of Topliss-reactive ketones (excluding diaryl/α,β-unsaturated/α-hetero) is 1. The van der Waals surface area contributed by atoms with Crippen molar-refractivity contribution in [3.63, 3.8) is 0 Å². The van der Waals surface area contributed by atoms with Crippen LogP contribution in [0, 0.1) is 5.92 Å². The zero-order valence-corrected chi connectivity index (χ0v) is 15.4. The monoisotopic (exact) mass is 344 g/mol. The maximum atomic E-state index is 13.2. The first-order chi connectivity index (χ1) is 12.1. The molecule has 2 aliphatic rings. The van der Waals surface area contributed by atoms with Crippen molar-refractivity contribution in [1.82, 2.24) is 5.32 Å². The van der Waals surface area contributed by atoms with Crippen LogP contribution in [0.2, 0.25) is 0 Å². The van der Waals surface area contributed by atoms with E-state index in [4.69, 9.17) is 4.74 Å². The van der Waals surface area contributed by atoms with E-state index in [0.29, 0.717) is 12.2 Å². The number of fused-ring (bicyclic) bond motifs is 3. The maximum Gasteiger partial charge on any atom is 0.224 e. The number of methoxy groups -OCH3 is 1. The molecule has 1 amide bonds. The molecule has 3 rings (SSSR count). The van der Waals surface area contributed by atoms with E-state index >= 15 is 0 Å². The Morgan fingerprint density at radius 1 is 1.36 bits per heavy atom. The number of rotatable bonds is 6. The fraction of sp³-hybridized carbons (Fsp3) is 0.600. The molecule has 0 bridgehead atoms. The van der Waals surface area contributed by atoms with Gasteiger partial charge in [-0.2, -0.15) is 0 Å². The maximum absolute atomic E-state index is 13.2. The zero-order chi connectivity index (χ0) is 18.0. The second-order valence-electron chi connectivity index (χ2n) is 7.20. The van der Waals surface area contributed by atoms with Gasteiger partial charge in [0.05, 0.1) is 7.11 Å². The molecule has 25 heavy (non-hydrogen) atoms. The molecule has 2 atom stereocenters. The lowest BCUT2D eigenvalue weighted by Gasteiger charge is -2.32. The molecule has 2 unspecified atom stereocenters. The number of carbonyl (C=O) groups is 2. The summed E-state index contributed by atoms with van der Waals surface area (Å²) in [7, 11) is 1.62. The summed E-state index contributed by atoms with van der Waals surface area (Å²) in [5, 5.41) is 6.35. The third-order valence-corrected chi connectivity index (χ3v) is 5.37. The van der Waals surface area contributed by atoms with Crippen molar-refractivity contribution in [1.29, 1.82) is 0 Å². The van der Waals surface area contributed by atoms with Gasteiger partial charge in [0.15, 0.2) is 5.78 Å². The van der Waals surface area contributed by atoms with Gasteiger partial charge < -0.3 is 15.4 Å². The number of ether oxygens (including phenoxy) is 1. The van der Waals surface area contributed by atoms with Gasteiger partial charge in [0.1, 0.15) is 5.75 Å². The summed E-state index contributed by atoms with van der Waals surface area (Å²) in [6.45, 7) is 5.87. The molecule has 5 nitrogen and oxygen atoms in total. The predicted molar refractivity (Wildman–Crippen MR) is 98.6 cm³/mol. The largest absolute Gasteiger partial charge is 0.496 e. The van der Waals surface area contributed by atoms with Crippen LogP contribution in [0.25, 0.3) is 0 Å². The van der Waals surface area contributed by atoms with Crippen molar-refractivity contribution in [2.75, 3.05) is 25.5 Å². The highest BCUT2D eigenvalue weighted by atomic mass is 16.5. The lowest BCUT2D eigenvalue weighted by atomic mass is 9.75. The van der Waals surface area contributed by atoms with Crippen LogP contribution in [-0.4, -0.2) is 31.9 Å². The molecule has 1 aromatic carbocycles. The Kier molecular flexibility index (Phi) is 5.42. The average Bonchev–Trinajstić information content (AvgIpc) is 2.59. The van der Waals surface area contributed by atoms with Gasteiger partial charge in [0, 0.05) is 41.8 Å². The van der Waals surface area contributed by atoms with Crippen LogP contribution in [-0.2, 0) is 11.2 Å². The van der Waals surface area contributed by atoms with Crippen LogP contribution in [0.1, 0.15) is 66.9 Å². The highest BCUT2D eigenvalue weighted by Crippen LogP contribution is 2.44. The van der Waals surface area contributed by atoms with Gasteiger partial charge in [-0.05, 0) is 37.3 Å². The quantitative estimate of drug-likeness (QED) is 0.777. The molecule has 0 saturated carbocycles. The fourth-order valence-electron chi connectivity index (χ4n) is 4.05. The summed E-state index contributed by atoms with van der Waals surface area (Å²) in [4.78, 5) is 25.1. The molecule has 0 fully saturated rings. The van der Waals surface area contributed by atoms with Crippen LogP contribution in [0.4, 0.5) is 5.69 Å². The van der Waals surface area contributed by atoms with Gasteiger partial charge >= 0.3 is 0 Å². The molecular weight excluding hydrogens is 316 g/mol. The van der Waals surface area contributed by atoms with Gasteiger partial charge in [-0.3, -0.25) is 9.59 Å².